The van der Waals surface area contributed by atoms with Crippen molar-refractivity contribution in [3.63, 3.8) is 0 Å². The van der Waals surface area contributed by atoms with Gasteiger partial charge in [0.05, 0.1) is 22.8 Å². The summed E-state index contributed by atoms with van der Waals surface area (Å²) in [6.07, 6.45) is 5.64. The van der Waals surface area contributed by atoms with E-state index in [0.29, 0.717) is 6.04 Å². The lowest BCUT2D eigenvalue weighted by Gasteiger charge is -2.36. The molecule has 0 bridgehead atoms. The van der Waals surface area contributed by atoms with E-state index in [9.17, 15) is 4.79 Å². The Balaban J connectivity index is 0.00000220. The van der Waals surface area contributed by atoms with Gasteiger partial charge in [-0.15, -0.1) is 12.4 Å². The zero-order valence-electron chi connectivity index (χ0n) is 12.8. The lowest BCUT2D eigenvalue weighted by molar-refractivity contribution is -0.136. The third-order valence-corrected chi connectivity index (χ3v) is 4.33. The lowest BCUT2D eigenvalue weighted by Crippen LogP contribution is -2.52. The highest BCUT2D eigenvalue weighted by molar-refractivity contribution is 9.10. The standard InChI is InChI=1S/C14H23BrN4O.ClH/c1-14(2,3)12(16)13(20)18-6-4-11(5-7-18)19-9-10(15)8-17-19;/h8-9,11-12H,4-7,16H2,1-3H3;1H/t12-;/m1./s1. The van der Waals surface area contributed by atoms with Gasteiger partial charge in [-0.05, 0) is 34.2 Å². The van der Waals surface area contributed by atoms with Gasteiger partial charge >= 0.3 is 0 Å². The highest BCUT2D eigenvalue weighted by Gasteiger charge is 2.33. The predicted molar refractivity (Wildman–Crippen MR) is 89.5 cm³/mol. The van der Waals surface area contributed by atoms with Crippen LogP contribution in [0.3, 0.4) is 0 Å². The second-order valence-electron chi connectivity index (χ2n) is 6.54. The Hall–Kier alpha value is -0.590. The number of carbonyl (C=O) groups is 1. The van der Waals surface area contributed by atoms with E-state index in [1.807, 2.05) is 36.5 Å². The van der Waals surface area contributed by atoms with Crippen LogP contribution in [0.25, 0.3) is 0 Å². The maximum absolute atomic E-state index is 12.4. The fraction of sp³-hybridized carbons (Fsp3) is 0.714. The van der Waals surface area contributed by atoms with Crippen molar-refractivity contribution in [3.05, 3.63) is 16.9 Å². The third-order valence-electron chi connectivity index (χ3n) is 3.92. The zero-order valence-corrected chi connectivity index (χ0v) is 15.2. The van der Waals surface area contributed by atoms with E-state index in [0.717, 1.165) is 30.4 Å². The molecule has 0 spiro atoms. The second kappa shape index (κ2) is 7.11. The summed E-state index contributed by atoms with van der Waals surface area (Å²) in [6, 6.07) is -0.0610. The molecule has 2 heterocycles. The number of piperidine rings is 1. The molecule has 0 aliphatic carbocycles. The summed E-state index contributed by atoms with van der Waals surface area (Å²) < 4.78 is 2.97. The number of hydrogen-bond acceptors (Lipinski definition) is 3. The van der Waals surface area contributed by atoms with Crippen molar-refractivity contribution in [2.45, 2.75) is 45.7 Å². The first-order valence-electron chi connectivity index (χ1n) is 7.03. The molecule has 0 unspecified atom stereocenters. The van der Waals surface area contributed by atoms with Gasteiger partial charge < -0.3 is 10.6 Å². The van der Waals surface area contributed by atoms with Crippen LogP contribution in [-0.2, 0) is 4.79 Å². The highest BCUT2D eigenvalue weighted by atomic mass is 79.9. The minimum absolute atomic E-state index is 0. The van der Waals surface area contributed by atoms with Crippen LogP contribution >= 0.6 is 28.3 Å². The molecule has 0 saturated carbocycles. The van der Waals surface area contributed by atoms with Crippen molar-refractivity contribution < 1.29 is 4.79 Å². The molecule has 2 rings (SSSR count). The first-order valence-corrected chi connectivity index (χ1v) is 7.82. The van der Waals surface area contributed by atoms with Gasteiger partial charge in [-0.3, -0.25) is 9.48 Å². The van der Waals surface area contributed by atoms with Crippen LogP contribution in [0.2, 0.25) is 0 Å². The smallest absolute Gasteiger partial charge is 0.240 e. The summed E-state index contributed by atoms with van der Waals surface area (Å²) in [4.78, 5) is 14.3. The van der Waals surface area contributed by atoms with Crippen LogP contribution in [0.1, 0.15) is 39.7 Å². The minimum atomic E-state index is -0.433. The fourth-order valence-electron chi connectivity index (χ4n) is 2.43. The van der Waals surface area contributed by atoms with E-state index in [-0.39, 0.29) is 23.7 Å². The molecular formula is C14H24BrClN4O. The largest absolute Gasteiger partial charge is 0.341 e. The number of nitrogens with two attached hydrogens (primary N) is 1. The molecule has 21 heavy (non-hydrogen) atoms. The maximum Gasteiger partial charge on any atom is 0.240 e. The molecule has 0 radical (unpaired) electrons. The average Bonchev–Trinajstić information content (AvgIpc) is 2.83. The zero-order chi connectivity index (χ0) is 14.9. The number of amides is 1. The molecule has 2 N–H and O–H groups in total. The van der Waals surface area contributed by atoms with Gasteiger partial charge in [-0.25, -0.2) is 0 Å². The summed E-state index contributed by atoms with van der Waals surface area (Å²) in [5.41, 5.74) is 5.87. The van der Waals surface area contributed by atoms with Crippen LogP contribution in [0.5, 0.6) is 0 Å². The van der Waals surface area contributed by atoms with Gasteiger partial charge in [0.2, 0.25) is 5.91 Å². The average molecular weight is 380 g/mol. The van der Waals surface area contributed by atoms with E-state index < -0.39 is 6.04 Å². The summed E-state index contributed by atoms with van der Waals surface area (Å²) in [6.45, 7) is 7.52. The quantitative estimate of drug-likeness (QED) is 0.859. The molecule has 120 valence electrons. The number of carbonyl (C=O) groups excluding carboxylic acids is 1. The lowest BCUT2D eigenvalue weighted by atomic mass is 9.86. The van der Waals surface area contributed by atoms with Gasteiger partial charge in [0.25, 0.3) is 0 Å². The van der Waals surface area contributed by atoms with Crippen molar-refractivity contribution in [3.8, 4) is 0 Å². The van der Waals surface area contributed by atoms with Crippen LogP contribution in [0.4, 0.5) is 0 Å². The molecular weight excluding hydrogens is 356 g/mol. The Morgan fingerprint density at radius 2 is 2.00 bits per heavy atom. The number of hydrogen-bond donors (Lipinski definition) is 1. The van der Waals surface area contributed by atoms with Gasteiger partial charge in [0.1, 0.15) is 0 Å². The maximum atomic E-state index is 12.4. The van der Waals surface area contributed by atoms with E-state index in [4.69, 9.17) is 5.73 Å². The molecule has 1 aromatic heterocycles. The topological polar surface area (TPSA) is 64.2 Å². The van der Waals surface area contributed by atoms with Crippen molar-refractivity contribution in [2.24, 2.45) is 11.1 Å². The molecule has 1 aliphatic heterocycles. The van der Waals surface area contributed by atoms with Crippen LogP contribution in [-0.4, -0.2) is 39.7 Å². The SMILES string of the molecule is CC(C)(C)[C@H](N)C(=O)N1CCC(n2cc(Br)cn2)CC1.Cl. The molecule has 1 saturated heterocycles. The molecule has 1 amide bonds. The van der Waals surface area contributed by atoms with Gasteiger partial charge in [-0.2, -0.15) is 5.10 Å². The van der Waals surface area contributed by atoms with Crippen molar-refractivity contribution >= 4 is 34.2 Å². The molecule has 1 atom stereocenters. The van der Waals surface area contributed by atoms with Gasteiger partial charge in [0, 0.05) is 19.3 Å². The van der Waals surface area contributed by atoms with Crippen molar-refractivity contribution in [1.82, 2.24) is 14.7 Å². The summed E-state index contributed by atoms with van der Waals surface area (Å²) >= 11 is 3.41. The van der Waals surface area contributed by atoms with Gasteiger partial charge in [0.15, 0.2) is 0 Å². The second-order valence-corrected chi connectivity index (χ2v) is 7.45. The van der Waals surface area contributed by atoms with E-state index >= 15 is 0 Å². The third kappa shape index (κ3) is 4.44. The fourth-order valence-corrected chi connectivity index (χ4v) is 2.73. The normalized spacial score (nSPS) is 18.2. The first kappa shape index (κ1) is 18.5. The molecule has 1 aliphatic rings. The van der Waals surface area contributed by atoms with Crippen LogP contribution in [0.15, 0.2) is 16.9 Å². The highest BCUT2D eigenvalue weighted by Crippen LogP contribution is 2.25. The molecule has 0 aromatic carbocycles. The predicted octanol–water partition coefficient (Wildman–Crippen LogP) is 2.60. The van der Waals surface area contributed by atoms with E-state index in [1.165, 1.54) is 0 Å². The Labute approximate surface area is 140 Å². The number of halogens is 2. The molecule has 5 nitrogen and oxygen atoms in total. The van der Waals surface area contributed by atoms with Crippen LogP contribution < -0.4 is 5.73 Å². The summed E-state index contributed by atoms with van der Waals surface area (Å²) in [5.74, 6) is 0.0672. The monoisotopic (exact) mass is 378 g/mol. The number of aromatic nitrogens is 2. The Bertz CT molecular complexity index is 478. The first-order chi connectivity index (χ1) is 9.29. The number of nitrogens with zero attached hydrogens (tertiary/aromatic N) is 3. The van der Waals surface area contributed by atoms with Crippen molar-refractivity contribution in [1.29, 1.82) is 0 Å². The molecule has 7 heteroatoms. The Morgan fingerprint density at radius 3 is 2.43 bits per heavy atom. The van der Waals surface area contributed by atoms with E-state index in [1.54, 1.807) is 6.20 Å². The Kier molecular flexibility index (Phi) is 6.25. The Morgan fingerprint density at radius 1 is 1.43 bits per heavy atom. The number of likely N-dealkylation sites (tertiary alicyclic amines) is 1. The summed E-state index contributed by atoms with van der Waals surface area (Å²) in [5, 5.41) is 4.33. The summed E-state index contributed by atoms with van der Waals surface area (Å²) in [7, 11) is 0. The van der Waals surface area contributed by atoms with Crippen LogP contribution in [0, 0.1) is 5.41 Å². The van der Waals surface area contributed by atoms with Gasteiger partial charge in [-0.1, -0.05) is 20.8 Å². The number of rotatable bonds is 2. The molecule has 1 fully saturated rings. The molecule has 1 aromatic rings. The minimum Gasteiger partial charge on any atom is -0.341 e. The van der Waals surface area contributed by atoms with Crippen molar-refractivity contribution in [2.75, 3.05) is 13.1 Å². The van der Waals surface area contributed by atoms with E-state index in [2.05, 4.69) is 21.0 Å².